The highest BCUT2D eigenvalue weighted by atomic mass is 32.2. The molecule has 0 spiro atoms. The van der Waals surface area contributed by atoms with Gasteiger partial charge in [0.05, 0.1) is 17.9 Å². The Morgan fingerprint density at radius 2 is 1.56 bits per heavy atom. The Morgan fingerprint density at radius 1 is 0.880 bits per heavy atom. The smallest absolute Gasteiger partial charge is 0.335 e. The predicted octanol–water partition coefficient (Wildman–Crippen LogP) is 2.07. The first kappa shape index (κ1) is 34.9. The molecule has 2 saturated heterocycles. The van der Waals surface area contributed by atoms with Gasteiger partial charge in [-0.05, 0) is 59.2 Å². The summed E-state index contributed by atoms with van der Waals surface area (Å²) in [5.74, 6) is -3.99. The van der Waals surface area contributed by atoms with E-state index in [-0.39, 0.29) is 22.6 Å². The van der Waals surface area contributed by atoms with Crippen LogP contribution in [-0.2, 0) is 24.2 Å². The van der Waals surface area contributed by atoms with E-state index in [4.69, 9.17) is 9.47 Å². The van der Waals surface area contributed by atoms with Crippen LogP contribution in [-0.4, -0.2) is 92.6 Å². The number of rotatable bonds is 10. The molecule has 15 heteroatoms. The fourth-order valence-electron chi connectivity index (χ4n) is 6.10. The maximum absolute atomic E-state index is 13.7. The number of carbonyl (C=O) groups excluding carboxylic acids is 1. The van der Waals surface area contributed by atoms with Crippen molar-refractivity contribution < 1.29 is 62.5 Å². The molecule has 262 valence electrons. The number of ether oxygens (including phenoxy) is 2. The molecule has 13 nitrogen and oxygen atoms in total. The zero-order valence-corrected chi connectivity index (χ0v) is 26.7. The van der Waals surface area contributed by atoms with Gasteiger partial charge >= 0.3 is 5.97 Å². The second-order valence-corrected chi connectivity index (χ2v) is 14.1. The minimum absolute atomic E-state index is 0.0774. The Balaban J connectivity index is 1.28. The number of para-hydroxylation sites is 1. The molecule has 4 aromatic carbocycles. The monoisotopic (exact) mass is 709 g/mol. The minimum Gasteiger partial charge on any atom is -0.508 e. The van der Waals surface area contributed by atoms with Crippen molar-refractivity contribution in [2.24, 2.45) is 0 Å². The zero-order chi connectivity index (χ0) is 35.9. The molecule has 0 aliphatic carbocycles. The molecule has 1 amide bonds. The molecule has 50 heavy (non-hydrogen) atoms. The van der Waals surface area contributed by atoms with Crippen LogP contribution in [0.25, 0.3) is 11.1 Å². The van der Waals surface area contributed by atoms with Gasteiger partial charge in [0.15, 0.2) is 21.2 Å². The largest absolute Gasteiger partial charge is 0.508 e. The molecule has 2 aliphatic rings. The Labute approximate surface area is 284 Å². The Hall–Kier alpha value is -4.90. The predicted molar refractivity (Wildman–Crippen MR) is 174 cm³/mol. The molecular formula is C35H32FNO12S. The van der Waals surface area contributed by atoms with Gasteiger partial charge in [0.2, 0.25) is 12.2 Å². The number of hydrogen-bond acceptors (Lipinski definition) is 11. The number of amides is 1. The molecule has 4 unspecified atom stereocenters. The molecule has 2 heterocycles. The summed E-state index contributed by atoms with van der Waals surface area (Å²) in [6.45, 7) is 0. The third kappa shape index (κ3) is 6.66. The van der Waals surface area contributed by atoms with Crippen LogP contribution in [0.1, 0.15) is 23.3 Å². The number of halogens is 1. The van der Waals surface area contributed by atoms with Gasteiger partial charge in [-0.2, -0.15) is 0 Å². The molecule has 2 fully saturated rings. The van der Waals surface area contributed by atoms with Crippen LogP contribution in [0, 0.1) is 5.82 Å². The van der Waals surface area contributed by atoms with Crippen LogP contribution < -0.4 is 9.64 Å². The zero-order valence-electron chi connectivity index (χ0n) is 25.9. The number of sulfone groups is 1. The molecule has 0 saturated carbocycles. The summed E-state index contributed by atoms with van der Waals surface area (Å²) in [7, 11) is -4.35. The maximum atomic E-state index is 13.7. The summed E-state index contributed by atoms with van der Waals surface area (Å²) in [6.07, 6.45) is -10.6. The molecule has 0 radical (unpaired) electrons. The minimum atomic E-state index is -4.35. The first-order valence-corrected chi connectivity index (χ1v) is 17.0. The highest BCUT2D eigenvalue weighted by Crippen LogP contribution is 2.47. The van der Waals surface area contributed by atoms with Gasteiger partial charge in [0.25, 0.3) is 0 Å². The fourth-order valence-corrected chi connectivity index (χ4v) is 8.02. The molecule has 2 aliphatic heterocycles. The molecular weight excluding hydrogens is 677 g/mol. The summed E-state index contributed by atoms with van der Waals surface area (Å²) in [6, 6.07) is 22.3. The number of phenolic OH excluding ortho intramolecular Hbond substituents is 1. The van der Waals surface area contributed by atoms with Crippen molar-refractivity contribution in [2.75, 3.05) is 10.7 Å². The SMILES string of the molecule is O=C(O)C1O[C@@H](Oc2cccc(-c3ccc([C@@H]4[C@@H](S(=O)(=O)C[C@H](O)c5ccc(F)cc5)C(=O)N4c4ccccc4)c(O)c3)c2)C(O)C(O)C1O. The highest BCUT2D eigenvalue weighted by molar-refractivity contribution is 7.93. The first-order chi connectivity index (χ1) is 23.8. The Morgan fingerprint density at radius 3 is 2.22 bits per heavy atom. The van der Waals surface area contributed by atoms with E-state index in [1.54, 1.807) is 48.5 Å². The lowest BCUT2D eigenvalue weighted by Crippen LogP contribution is -2.62. The van der Waals surface area contributed by atoms with E-state index in [9.17, 15) is 53.0 Å². The number of anilines is 1. The lowest BCUT2D eigenvalue weighted by molar-refractivity contribution is -0.271. The summed E-state index contributed by atoms with van der Waals surface area (Å²) < 4.78 is 51.6. The molecule has 6 rings (SSSR count). The van der Waals surface area contributed by atoms with Crippen molar-refractivity contribution in [1.29, 1.82) is 0 Å². The average molecular weight is 710 g/mol. The number of phenols is 1. The van der Waals surface area contributed by atoms with E-state index >= 15 is 0 Å². The van der Waals surface area contributed by atoms with Gasteiger partial charge < -0.3 is 45.0 Å². The number of aliphatic hydroxyl groups is 4. The Bertz CT molecular complexity index is 1990. The van der Waals surface area contributed by atoms with Crippen LogP contribution in [0.3, 0.4) is 0 Å². The van der Waals surface area contributed by atoms with Crippen molar-refractivity contribution in [3.63, 3.8) is 0 Å². The highest BCUT2D eigenvalue weighted by Gasteiger charge is 2.57. The van der Waals surface area contributed by atoms with E-state index in [1.807, 2.05) is 0 Å². The molecule has 6 N–H and O–H groups in total. The van der Waals surface area contributed by atoms with E-state index < -0.39 is 81.4 Å². The molecule has 0 bridgehead atoms. The van der Waals surface area contributed by atoms with Crippen LogP contribution in [0.15, 0.2) is 97.1 Å². The third-order valence-corrected chi connectivity index (χ3v) is 10.7. The van der Waals surface area contributed by atoms with Gasteiger partial charge in [0.1, 0.15) is 35.6 Å². The van der Waals surface area contributed by atoms with Gasteiger partial charge in [-0.15, -0.1) is 0 Å². The van der Waals surface area contributed by atoms with Gasteiger partial charge in [0, 0.05) is 11.3 Å². The fraction of sp³-hybridized carbons (Fsp3) is 0.257. The number of β-lactam (4-membered cyclic amide) rings is 1. The van der Waals surface area contributed by atoms with Crippen molar-refractivity contribution in [2.45, 2.75) is 48.1 Å². The summed E-state index contributed by atoms with van der Waals surface area (Å²) in [5, 5.41) is 60.1. The van der Waals surface area contributed by atoms with Crippen LogP contribution >= 0.6 is 0 Å². The number of aromatic hydroxyl groups is 1. The van der Waals surface area contributed by atoms with E-state index in [0.717, 1.165) is 12.1 Å². The summed E-state index contributed by atoms with van der Waals surface area (Å²) >= 11 is 0. The number of carboxylic acid groups (broad SMARTS) is 1. The number of benzene rings is 4. The second kappa shape index (κ2) is 13.8. The number of aliphatic carboxylic acids is 1. The third-order valence-electron chi connectivity index (χ3n) is 8.69. The number of carbonyl (C=O) groups is 2. The number of nitrogens with zero attached hydrogens (tertiary/aromatic N) is 1. The van der Waals surface area contributed by atoms with Crippen LogP contribution in [0.5, 0.6) is 11.5 Å². The van der Waals surface area contributed by atoms with Gasteiger partial charge in [-0.3, -0.25) is 4.79 Å². The van der Waals surface area contributed by atoms with Crippen molar-refractivity contribution in [3.05, 3.63) is 114 Å². The number of hydrogen-bond donors (Lipinski definition) is 6. The van der Waals surface area contributed by atoms with Crippen molar-refractivity contribution >= 4 is 27.4 Å². The number of aliphatic hydroxyl groups excluding tert-OH is 4. The molecule has 8 atom stereocenters. The lowest BCUT2D eigenvalue weighted by Gasteiger charge is -2.47. The normalized spacial score (nSPS) is 25.8. The summed E-state index contributed by atoms with van der Waals surface area (Å²) in [5.41, 5.74) is 1.53. The molecule has 0 aromatic heterocycles. The van der Waals surface area contributed by atoms with Crippen LogP contribution in [0.2, 0.25) is 0 Å². The molecule has 4 aromatic rings. The topological polar surface area (TPSA) is 211 Å². The quantitative estimate of drug-likeness (QED) is 0.131. The van der Waals surface area contributed by atoms with E-state index in [1.165, 1.54) is 41.3 Å². The lowest BCUT2D eigenvalue weighted by atomic mass is 9.90. The van der Waals surface area contributed by atoms with Crippen LogP contribution in [0.4, 0.5) is 10.1 Å². The Kier molecular flexibility index (Phi) is 9.63. The van der Waals surface area contributed by atoms with Crippen molar-refractivity contribution in [3.8, 4) is 22.6 Å². The second-order valence-electron chi connectivity index (χ2n) is 12.0. The first-order valence-electron chi connectivity index (χ1n) is 15.3. The van der Waals surface area contributed by atoms with Gasteiger partial charge in [-0.1, -0.05) is 54.6 Å². The van der Waals surface area contributed by atoms with Crippen molar-refractivity contribution in [1.82, 2.24) is 0 Å². The summed E-state index contributed by atoms with van der Waals surface area (Å²) in [4.78, 5) is 26.2. The maximum Gasteiger partial charge on any atom is 0.335 e. The van der Waals surface area contributed by atoms with Gasteiger partial charge in [-0.25, -0.2) is 17.6 Å². The number of carboxylic acids is 1. The average Bonchev–Trinajstić information content (AvgIpc) is 3.08. The standard InChI is InChI=1S/C35H32FNO12S/c36-21-12-9-18(10-13-21)26(39)17-50(46,47)32-27(37(33(32)43)22-6-2-1-3-7-22)24-14-11-20(16-25(24)38)19-5-4-8-23(15-19)48-35-30(42)28(40)29(41)31(49-35)34(44)45/h1-16,26-32,35,38-42H,17H2,(H,44,45)/t26-,27+,28?,29?,30?,31?,32+,35+/m0/s1. The van der Waals surface area contributed by atoms with E-state index in [2.05, 4.69) is 0 Å². The van der Waals surface area contributed by atoms with E-state index in [0.29, 0.717) is 16.8 Å².